The van der Waals surface area contributed by atoms with Gasteiger partial charge in [0.2, 0.25) is 0 Å². The van der Waals surface area contributed by atoms with Gasteiger partial charge in [0, 0.05) is 59.2 Å². The highest BCUT2D eigenvalue weighted by Crippen LogP contribution is 2.33. The summed E-state index contributed by atoms with van der Waals surface area (Å²) in [7, 11) is 4.96. The van der Waals surface area contributed by atoms with Crippen LogP contribution in [0.15, 0.2) is 40.2 Å². The maximum atomic E-state index is 14.0. The molecule has 1 saturated heterocycles. The molecule has 1 atom stereocenters. The Bertz CT molecular complexity index is 1630. The summed E-state index contributed by atoms with van der Waals surface area (Å²) in [6, 6.07) is 5.47. The maximum Gasteiger partial charge on any atom is 0.331 e. The van der Waals surface area contributed by atoms with Gasteiger partial charge in [-0.3, -0.25) is 28.7 Å². The second kappa shape index (κ2) is 9.47. The lowest BCUT2D eigenvalue weighted by Gasteiger charge is -2.34. The van der Waals surface area contributed by atoms with Crippen molar-refractivity contribution in [2.45, 2.75) is 38.9 Å². The molecule has 2 N–H and O–H groups in total. The van der Waals surface area contributed by atoms with Crippen LogP contribution in [-0.2, 0) is 20.1 Å². The van der Waals surface area contributed by atoms with Gasteiger partial charge in [-0.15, -0.1) is 0 Å². The molecule has 0 unspecified atom stereocenters. The monoisotopic (exact) mass is 504 g/mol. The van der Waals surface area contributed by atoms with Crippen LogP contribution in [0.3, 0.4) is 0 Å². The summed E-state index contributed by atoms with van der Waals surface area (Å²) in [6.45, 7) is 3.76. The topological polar surface area (TPSA) is 124 Å². The van der Waals surface area contributed by atoms with E-state index < -0.39 is 11.2 Å². The molecule has 0 spiro atoms. The van der Waals surface area contributed by atoms with Gasteiger partial charge in [0.1, 0.15) is 16.9 Å². The maximum absolute atomic E-state index is 14.0. The molecule has 1 aromatic carbocycles. The molecule has 4 heterocycles. The lowest BCUT2D eigenvalue weighted by Crippen LogP contribution is -2.44. The molecular weight excluding hydrogens is 472 g/mol. The minimum Gasteiger partial charge on any atom is -0.356 e. The first-order valence-corrected chi connectivity index (χ1v) is 12.5. The lowest BCUT2D eigenvalue weighted by atomic mass is 10.1. The highest BCUT2D eigenvalue weighted by Gasteiger charge is 2.33. The number of carbonyl (C=O) groups excluding carboxylic acids is 1. The van der Waals surface area contributed by atoms with Crippen LogP contribution < -0.4 is 21.9 Å². The number of hydrogen-bond acceptors (Lipinski definition) is 7. The molecule has 11 heteroatoms. The molecule has 37 heavy (non-hydrogen) atoms. The summed E-state index contributed by atoms with van der Waals surface area (Å²) in [5, 5.41) is 0. The van der Waals surface area contributed by atoms with E-state index in [2.05, 4.69) is 14.9 Å². The minimum atomic E-state index is -0.486. The summed E-state index contributed by atoms with van der Waals surface area (Å²) in [6.07, 6.45) is 5.01. The number of piperidine rings is 1. The first-order chi connectivity index (χ1) is 17.7. The van der Waals surface area contributed by atoms with Crippen LogP contribution in [-0.4, -0.2) is 67.7 Å². The van der Waals surface area contributed by atoms with E-state index in [0.29, 0.717) is 41.0 Å². The Kier molecular flexibility index (Phi) is 6.32. The molecule has 0 aliphatic carbocycles. The minimum absolute atomic E-state index is 0.0316. The molecule has 1 amide bonds. The molecule has 4 aromatic rings. The molecule has 194 valence electrons. The third kappa shape index (κ3) is 4.08. The molecule has 0 radical (unpaired) electrons. The molecule has 5 rings (SSSR count). The van der Waals surface area contributed by atoms with E-state index in [1.54, 1.807) is 33.5 Å². The zero-order valence-corrected chi connectivity index (χ0v) is 21.6. The lowest BCUT2D eigenvalue weighted by molar-refractivity contribution is 0.0829. The van der Waals surface area contributed by atoms with Gasteiger partial charge in [0.25, 0.3) is 11.5 Å². The fraction of sp³-hybridized carbons (Fsp3) is 0.423. The molecular formula is C26H32N8O3. The number of aryl methyl sites for hydroxylation is 2. The first-order valence-electron chi connectivity index (χ1n) is 12.5. The molecule has 3 aromatic heterocycles. The van der Waals surface area contributed by atoms with Gasteiger partial charge in [-0.25, -0.2) is 4.79 Å². The largest absolute Gasteiger partial charge is 0.356 e. The van der Waals surface area contributed by atoms with Crippen LogP contribution in [0.2, 0.25) is 0 Å². The summed E-state index contributed by atoms with van der Waals surface area (Å²) in [4.78, 5) is 53.3. The van der Waals surface area contributed by atoms with E-state index >= 15 is 0 Å². The Labute approximate surface area is 213 Å². The second-order valence-corrected chi connectivity index (χ2v) is 9.80. The number of amides is 1. The summed E-state index contributed by atoms with van der Waals surface area (Å²) in [5.74, 6) is 0.392. The average Bonchev–Trinajstić information content (AvgIpc) is 3.24. The van der Waals surface area contributed by atoms with E-state index in [1.807, 2.05) is 29.7 Å². The molecule has 1 fully saturated rings. The standard InChI is InChI=1S/C26H32N8O3/c1-5-33-22-21(20(24(35)30(2)3)23(33)32-12-6-7-17(27)15-32)31(4)26(37)34(25(22)36)14-16-8-9-18-19(13-16)29-11-10-28-18/h8-11,13,17H,5-7,12,14-15,27H2,1-4H3/t17-/m1/s1. The Hall–Kier alpha value is -3.99. The normalized spacial score (nSPS) is 16.0. The van der Waals surface area contributed by atoms with Crippen LogP contribution in [0.1, 0.15) is 35.7 Å². The van der Waals surface area contributed by atoms with E-state index in [-0.39, 0.29) is 18.5 Å². The van der Waals surface area contributed by atoms with Gasteiger partial charge in [-0.1, -0.05) is 6.07 Å². The highest BCUT2D eigenvalue weighted by molar-refractivity contribution is 6.10. The van der Waals surface area contributed by atoms with E-state index in [4.69, 9.17) is 5.73 Å². The van der Waals surface area contributed by atoms with Gasteiger partial charge in [-0.2, -0.15) is 0 Å². The van der Waals surface area contributed by atoms with Crippen molar-refractivity contribution in [3.8, 4) is 0 Å². The SMILES string of the molecule is CCn1c(N2CCC[C@@H](N)C2)c(C(=O)N(C)C)c2c1c(=O)n(Cc1ccc3nccnc3c1)c(=O)n2C. The number of benzene rings is 1. The molecule has 1 aliphatic rings. The third-order valence-electron chi connectivity index (χ3n) is 7.08. The van der Waals surface area contributed by atoms with Gasteiger partial charge < -0.3 is 20.1 Å². The number of nitrogens with two attached hydrogens (primary N) is 1. The smallest absolute Gasteiger partial charge is 0.331 e. The van der Waals surface area contributed by atoms with Crippen LogP contribution >= 0.6 is 0 Å². The van der Waals surface area contributed by atoms with Crippen molar-refractivity contribution in [1.29, 1.82) is 0 Å². The Morgan fingerprint density at radius 1 is 1.11 bits per heavy atom. The van der Waals surface area contributed by atoms with Crippen molar-refractivity contribution in [1.82, 2.24) is 28.6 Å². The number of rotatable bonds is 5. The van der Waals surface area contributed by atoms with Gasteiger partial charge in [-0.05, 0) is 37.5 Å². The molecule has 0 saturated carbocycles. The van der Waals surface area contributed by atoms with Crippen molar-refractivity contribution in [2.75, 3.05) is 32.1 Å². The van der Waals surface area contributed by atoms with Crippen LogP contribution in [0.25, 0.3) is 22.1 Å². The quantitative estimate of drug-likeness (QED) is 0.432. The number of aromatic nitrogens is 5. The van der Waals surface area contributed by atoms with Crippen molar-refractivity contribution in [3.05, 3.63) is 62.6 Å². The summed E-state index contributed by atoms with van der Waals surface area (Å²) < 4.78 is 4.52. The fourth-order valence-electron chi connectivity index (χ4n) is 5.32. The number of fused-ring (bicyclic) bond motifs is 2. The number of anilines is 1. The number of carbonyl (C=O) groups is 1. The highest BCUT2D eigenvalue weighted by atomic mass is 16.2. The molecule has 1 aliphatic heterocycles. The van der Waals surface area contributed by atoms with E-state index in [0.717, 1.165) is 30.5 Å². The van der Waals surface area contributed by atoms with Crippen molar-refractivity contribution >= 4 is 33.8 Å². The Balaban J connectivity index is 1.77. The van der Waals surface area contributed by atoms with Gasteiger partial charge >= 0.3 is 5.69 Å². The van der Waals surface area contributed by atoms with Gasteiger partial charge in [0.05, 0.1) is 23.1 Å². The fourth-order valence-corrected chi connectivity index (χ4v) is 5.32. The predicted molar refractivity (Wildman–Crippen MR) is 143 cm³/mol. The Morgan fingerprint density at radius 3 is 2.51 bits per heavy atom. The van der Waals surface area contributed by atoms with Crippen molar-refractivity contribution < 1.29 is 4.79 Å². The Morgan fingerprint density at radius 2 is 1.84 bits per heavy atom. The third-order valence-corrected chi connectivity index (χ3v) is 7.08. The summed E-state index contributed by atoms with van der Waals surface area (Å²) >= 11 is 0. The predicted octanol–water partition coefficient (Wildman–Crippen LogP) is 1.14. The van der Waals surface area contributed by atoms with E-state index in [9.17, 15) is 14.4 Å². The van der Waals surface area contributed by atoms with E-state index in [1.165, 1.54) is 14.0 Å². The average molecular weight is 505 g/mol. The second-order valence-electron chi connectivity index (χ2n) is 9.80. The van der Waals surface area contributed by atoms with Crippen LogP contribution in [0.4, 0.5) is 5.82 Å². The first kappa shape index (κ1) is 24.7. The zero-order valence-electron chi connectivity index (χ0n) is 21.6. The molecule has 11 nitrogen and oxygen atoms in total. The van der Waals surface area contributed by atoms with Crippen molar-refractivity contribution in [3.63, 3.8) is 0 Å². The summed E-state index contributed by atoms with van der Waals surface area (Å²) in [5.41, 5.74) is 8.60. The van der Waals surface area contributed by atoms with Crippen molar-refractivity contribution in [2.24, 2.45) is 12.8 Å². The van der Waals surface area contributed by atoms with Crippen LogP contribution in [0, 0.1) is 0 Å². The zero-order chi connectivity index (χ0) is 26.4. The molecule has 0 bridgehead atoms. The number of hydrogen-bond donors (Lipinski definition) is 1. The van der Waals surface area contributed by atoms with Gasteiger partial charge in [0.15, 0.2) is 0 Å². The van der Waals surface area contributed by atoms with Crippen LogP contribution in [0.5, 0.6) is 0 Å². The number of nitrogens with zero attached hydrogens (tertiary/aromatic N) is 7.